The van der Waals surface area contributed by atoms with Crippen LogP contribution in [0.15, 0.2) is 30.4 Å². The molecule has 0 N–H and O–H groups in total. The number of hydrogen-bond acceptors (Lipinski definition) is 5. The predicted octanol–water partition coefficient (Wildman–Crippen LogP) is 2.92. The highest BCUT2D eigenvalue weighted by molar-refractivity contribution is 5.90. The summed E-state index contributed by atoms with van der Waals surface area (Å²) < 4.78 is 25.2. The van der Waals surface area contributed by atoms with E-state index < -0.39 is 6.09 Å². The van der Waals surface area contributed by atoms with Gasteiger partial charge in [-0.05, 0) is 31.2 Å². The first-order chi connectivity index (χ1) is 13.5. The van der Waals surface area contributed by atoms with Crippen molar-refractivity contribution in [1.29, 1.82) is 0 Å². The Kier molecular flexibility index (Phi) is 6.66. The average molecular weight is 386 g/mol. The number of carbonyl (C=O) groups is 2. The summed E-state index contributed by atoms with van der Waals surface area (Å²) in [6.07, 6.45) is 3.17. The Bertz CT molecular complexity index is 821. The number of rotatable bonds is 5. The Morgan fingerprint density at radius 3 is 2.86 bits per heavy atom. The van der Waals surface area contributed by atoms with Crippen molar-refractivity contribution in [3.05, 3.63) is 36.2 Å². The van der Waals surface area contributed by atoms with Crippen LogP contribution in [0.1, 0.15) is 19.8 Å². The molecule has 2 aliphatic rings. The predicted molar refractivity (Wildman–Crippen MR) is 104 cm³/mol. The van der Waals surface area contributed by atoms with Crippen LogP contribution < -0.4 is 9.80 Å². The van der Waals surface area contributed by atoms with E-state index in [1.807, 2.05) is 4.90 Å². The summed E-state index contributed by atoms with van der Waals surface area (Å²) >= 11 is 0. The molecule has 148 valence electrons. The van der Waals surface area contributed by atoms with Crippen LogP contribution >= 0.6 is 0 Å². The number of halogens is 1. The van der Waals surface area contributed by atoms with Gasteiger partial charge in [-0.2, -0.15) is 0 Å². The minimum Gasteiger partial charge on any atom is -0.443 e. The van der Waals surface area contributed by atoms with Gasteiger partial charge in [-0.15, -0.1) is 0 Å². The van der Waals surface area contributed by atoms with Crippen LogP contribution in [0.25, 0.3) is 0 Å². The van der Waals surface area contributed by atoms with Gasteiger partial charge in [0.05, 0.1) is 31.1 Å². The number of benzene rings is 1. The Balaban J connectivity index is 1.59. The summed E-state index contributed by atoms with van der Waals surface area (Å²) in [6, 6.07) is 4.79. The van der Waals surface area contributed by atoms with Crippen LogP contribution in [0.2, 0.25) is 0 Å². The third-order valence-corrected chi connectivity index (χ3v) is 4.51. The van der Waals surface area contributed by atoms with E-state index in [9.17, 15) is 14.0 Å². The number of hydrogen-bond donors (Lipinski definition) is 0. The molecule has 2 aliphatic heterocycles. The number of carbonyl (C=O) groups excluding carboxylic acids is 2. The molecule has 0 radical (unpaired) electrons. The minimum atomic E-state index is -0.502. The quantitative estimate of drug-likeness (QED) is 0.729. The smallest absolute Gasteiger partial charge is 0.414 e. The normalized spacial score (nSPS) is 19.5. The van der Waals surface area contributed by atoms with Gasteiger partial charge < -0.3 is 14.4 Å². The van der Waals surface area contributed by atoms with Gasteiger partial charge in [-0.3, -0.25) is 9.69 Å². The fraction of sp³-hybridized carbons (Fsp3) is 0.429. The molecule has 7 heteroatoms. The van der Waals surface area contributed by atoms with Crippen LogP contribution in [0.4, 0.5) is 20.6 Å². The lowest BCUT2D eigenvalue weighted by molar-refractivity contribution is -0.116. The maximum absolute atomic E-state index is 14.6. The van der Waals surface area contributed by atoms with Crippen molar-refractivity contribution in [3.8, 4) is 11.8 Å². The molecule has 2 saturated heterocycles. The number of morpholine rings is 1. The van der Waals surface area contributed by atoms with Gasteiger partial charge in [-0.25, -0.2) is 9.18 Å². The highest BCUT2D eigenvalue weighted by Crippen LogP contribution is 2.28. The zero-order chi connectivity index (χ0) is 19.9. The molecule has 0 aliphatic carbocycles. The summed E-state index contributed by atoms with van der Waals surface area (Å²) in [5, 5.41) is 0. The number of nitrogens with zero attached hydrogens (tertiary/aromatic N) is 2. The third kappa shape index (κ3) is 5.11. The number of amides is 1. The van der Waals surface area contributed by atoms with Crippen LogP contribution in [0.3, 0.4) is 0 Å². The van der Waals surface area contributed by atoms with E-state index in [2.05, 4.69) is 11.8 Å². The Morgan fingerprint density at radius 1 is 1.36 bits per heavy atom. The maximum atomic E-state index is 14.6. The molecule has 1 amide bonds. The molecule has 0 spiro atoms. The van der Waals surface area contributed by atoms with Crippen molar-refractivity contribution in [2.45, 2.75) is 25.9 Å². The Labute approximate surface area is 163 Å². The van der Waals surface area contributed by atoms with E-state index >= 15 is 0 Å². The first-order valence-electron chi connectivity index (χ1n) is 9.28. The van der Waals surface area contributed by atoms with E-state index in [1.54, 1.807) is 24.3 Å². The summed E-state index contributed by atoms with van der Waals surface area (Å²) in [5.74, 6) is 5.44. The third-order valence-electron chi connectivity index (χ3n) is 4.51. The largest absolute Gasteiger partial charge is 0.443 e. The minimum absolute atomic E-state index is 0.0743. The SMILES string of the molecule is CC(=O)C/C=C\C#CCC1CN(c2ccc(N3CCOCC3)c(F)c2)C(=O)O1. The van der Waals surface area contributed by atoms with E-state index in [1.165, 1.54) is 17.9 Å². The second-order valence-electron chi connectivity index (χ2n) is 6.69. The number of anilines is 2. The molecule has 2 fully saturated rings. The lowest BCUT2D eigenvalue weighted by Gasteiger charge is -2.29. The van der Waals surface area contributed by atoms with E-state index in [-0.39, 0.29) is 17.7 Å². The number of Topliss-reactive ketones (excluding diaryl/α,β-unsaturated/α-hetero) is 1. The second kappa shape index (κ2) is 9.38. The average Bonchev–Trinajstić information content (AvgIpc) is 3.05. The van der Waals surface area contributed by atoms with Gasteiger partial charge in [0.15, 0.2) is 0 Å². The molecule has 1 atom stereocenters. The number of allylic oxidation sites excluding steroid dienone is 2. The van der Waals surface area contributed by atoms with Crippen LogP contribution in [0, 0.1) is 17.7 Å². The van der Waals surface area contributed by atoms with Crippen LogP contribution in [0.5, 0.6) is 0 Å². The number of cyclic esters (lactones) is 1. The van der Waals surface area contributed by atoms with Crippen molar-refractivity contribution in [2.24, 2.45) is 0 Å². The standard InChI is InChI=1S/C21H23FN2O4/c1-16(25)6-4-2-3-5-7-18-15-24(21(26)28-18)17-8-9-20(19(22)14-17)23-10-12-27-13-11-23/h2,4,8-9,14,18H,6-7,10-13,15H2,1H3/b4-2-. The van der Waals surface area contributed by atoms with E-state index in [4.69, 9.17) is 9.47 Å². The summed E-state index contributed by atoms with van der Waals surface area (Å²) in [4.78, 5) is 26.3. The van der Waals surface area contributed by atoms with Gasteiger partial charge in [-0.1, -0.05) is 17.9 Å². The topological polar surface area (TPSA) is 59.1 Å². The summed E-state index contributed by atoms with van der Waals surface area (Å²) in [6.45, 7) is 4.27. The van der Waals surface area contributed by atoms with E-state index in [0.717, 1.165) is 0 Å². The first-order valence-corrected chi connectivity index (χ1v) is 9.28. The van der Waals surface area contributed by atoms with Gasteiger partial charge in [0.1, 0.15) is 17.7 Å². The fourth-order valence-corrected chi connectivity index (χ4v) is 3.08. The van der Waals surface area contributed by atoms with Gasteiger partial charge in [0.2, 0.25) is 0 Å². The Hall–Kier alpha value is -2.85. The summed E-state index contributed by atoms with van der Waals surface area (Å²) in [7, 11) is 0. The second-order valence-corrected chi connectivity index (χ2v) is 6.69. The monoisotopic (exact) mass is 386 g/mol. The number of ether oxygens (including phenoxy) is 2. The molecule has 28 heavy (non-hydrogen) atoms. The van der Waals surface area contributed by atoms with Gasteiger partial charge in [0.25, 0.3) is 0 Å². The van der Waals surface area contributed by atoms with Crippen molar-refractivity contribution >= 4 is 23.3 Å². The molecule has 6 nitrogen and oxygen atoms in total. The molecule has 0 saturated carbocycles. The molecule has 2 heterocycles. The molecule has 1 unspecified atom stereocenters. The van der Waals surface area contributed by atoms with E-state index in [0.29, 0.717) is 57.1 Å². The zero-order valence-electron chi connectivity index (χ0n) is 15.8. The van der Waals surface area contributed by atoms with Crippen molar-refractivity contribution in [1.82, 2.24) is 0 Å². The number of ketones is 1. The van der Waals surface area contributed by atoms with Crippen molar-refractivity contribution < 1.29 is 23.5 Å². The van der Waals surface area contributed by atoms with Crippen molar-refractivity contribution in [2.75, 3.05) is 42.6 Å². The lowest BCUT2D eigenvalue weighted by atomic mass is 10.2. The maximum Gasteiger partial charge on any atom is 0.414 e. The zero-order valence-corrected chi connectivity index (χ0v) is 15.8. The summed E-state index contributed by atoms with van der Waals surface area (Å²) in [5.41, 5.74) is 0.982. The van der Waals surface area contributed by atoms with Crippen LogP contribution in [-0.2, 0) is 14.3 Å². The molecule has 0 aromatic heterocycles. The highest BCUT2D eigenvalue weighted by atomic mass is 19.1. The van der Waals surface area contributed by atoms with Crippen LogP contribution in [-0.4, -0.2) is 50.8 Å². The molecular formula is C21H23FN2O4. The lowest BCUT2D eigenvalue weighted by Crippen LogP contribution is -2.36. The molecule has 0 bridgehead atoms. The molecule has 1 aromatic rings. The van der Waals surface area contributed by atoms with Crippen molar-refractivity contribution in [3.63, 3.8) is 0 Å². The fourth-order valence-electron chi connectivity index (χ4n) is 3.08. The van der Waals surface area contributed by atoms with Gasteiger partial charge >= 0.3 is 6.09 Å². The molecular weight excluding hydrogens is 363 g/mol. The Morgan fingerprint density at radius 2 is 2.14 bits per heavy atom. The van der Waals surface area contributed by atoms with Gasteiger partial charge in [0, 0.05) is 25.9 Å². The molecule has 3 rings (SSSR count). The first kappa shape index (κ1) is 19.9. The highest BCUT2D eigenvalue weighted by Gasteiger charge is 2.32. The molecule has 1 aromatic carbocycles.